The molecular formula is C29H37FN6O3. The zero-order chi connectivity index (χ0) is 28.3. The number of nitrogens with zero attached hydrogens (tertiary/aromatic N) is 3. The molecule has 1 fully saturated rings. The number of nitrogens with one attached hydrogen (secondary N) is 3. The molecule has 0 saturated carbocycles. The van der Waals surface area contributed by atoms with Gasteiger partial charge < -0.3 is 25.4 Å². The number of rotatable bonds is 12. The van der Waals surface area contributed by atoms with Gasteiger partial charge in [-0.05, 0) is 51.5 Å². The summed E-state index contributed by atoms with van der Waals surface area (Å²) in [4.78, 5) is 18.7. The number of aliphatic imine (C=N–C) groups is 1. The second-order valence-electron chi connectivity index (χ2n) is 9.80. The number of morpholine rings is 1. The van der Waals surface area contributed by atoms with E-state index in [1.54, 1.807) is 43.5 Å². The van der Waals surface area contributed by atoms with Gasteiger partial charge in [0.2, 0.25) is 0 Å². The van der Waals surface area contributed by atoms with E-state index in [1.165, 1.54) is 6.07 Å². The zero-order valence-corrected chi connectivity index (χ0v) is 22.8. The molecule has 0 bridgehead atoms. The van der Waals surface area contributed by atoms with Crippen LogP contribution in [0.2, 0.25) is 0 Å². The second-order valence-corrected chi connectivity index (χ2v) is 9.80. The highest BCUT2D eigenvalue weighted by atomic mass is 19.1. The number of carbonyl (C=O) groups excluding carboxylic acids is 1. The van der Waals surface area contributed by atoms with Gasteiger partial charge in [-0.25, -0.2) is 9.18 Å². The molecule has 1 heterocycles. The van der Waals surface area contributed by atoms with Gasteiger partial charge >= 0.3 is 6.03 Å². The van der Waals surface area contributed by atoms with Crippen LogP contribution >= 0.6 is 0 Å². The summed E-state index contributed by atoms with van der Waals surface area (Å²) in [7, 11) is 0. The van der Waals surface area contributed by atoms with Gasteiger partial charge in [-0.2, -0.15) is 5.26 Å². The summed E-state index contributed by atoms with van der Waals surface area (Å²) in [5.74, 6) is -0.0886. The topological polar surface area (TPSA) is 111 Å². The highest BCUT2D eigenvalue weighted by Crippen LogP contribution is 2.33. The number of hydrogen-bond acceptors (Lipinski definition) is 7. The lowest BCUT2D eigenvalue weighted by Gasteiger charge is -2.26. The van der Waals surface area contributed by atoms with Gasteiger partial charge in [0.1, 0.15) is 18.2 Å². The number of carbonyl (C=O) groups is 1. The van der Waals surface area contributed by atoms with Crippen molar-refractivity contribution in [2.45, 2.75) is 27.2 Å². The molecule has 0 aliphatic carbocycles. The largest absolute Gasteiger partial charge is 0.492 e. The predicted octanol–water partition coefficient (Wildman–Crippen LogP) is 5.40. The van der Waals surface area contributed by atoms with Crippen molar-refractivity contribution in [1.82, 2.24) is 10.2 Å². The predicted molar refractivity (Wildman–Crippen MR) is 153 cm³/mol. The molecule has 10 heteroatoms. The Balaban J connectivity index is 1.58. The number of anilines is 2. The SMILES string of the molecule is C=C(Nc1ccc(NC(=O)NCCC(C)(C)C#N)cc1)c1c(F)cc(OCCN2CCOCC2)cc1N=CC. The van der Waals surface area contributed by atoms with Crippen LogP contribution in [0.4, 0.5) is 26.2 Å². The number of hydrogen-bond donors (Lipinski definition) is 3. The minimum Gasteiger partial charge on any atom is -0.492 e. The first kappa shape index (κ1) is 29.6. The van der Waals surface area contributed by atoms with Crippen LogP contribution in [0.25, 0.3) is 5.70 Å². The van der Waals surface area contributed by atoms with Crippen LogP contribution in [-0.2, 0) is 4.74 Å². The molecule has 0 unspecified atom stereocenters. The van der Waals surface area contributed by atoms with Crippen molar-refractivity contribution >= 4 is 35.0 Å². The molecule has 1 saturated heterocycles. The third-order valence-corrected chi connectivity index (χ3v) is 6.17. The summed E-state index contributed by atoms with van der Waals surface area (Å²) < 4.78 is 26.4. The average molecular weight is 537 g/mol. The molecular weight excluding hydrogens is 499 g/mol. The van der Waals surface area contributed by atoms with Crippen LogP contribution in [0.3, 0.4) is 0 Å². The van der Waals surface area contributed by atoms with E-state index < -0.39 is 11.2 Å². The Bertz CT molecular complexity index is 1200. The summed E-state index contributed by atoms with van der Waals surface area (Å²) >= 11 is 0. The molecule has 1 aliphatic heterocycles. The van der Waals surface area contributed by atoms with E-state index in [1.807, 2.05) is 13.8 Å². The third kappa shape index (κ3) is 9.39. The molecule has 1 aliphatic rings. The first-order valence-corrected chi connectivity index (χ1v) is 13.0. The maximum absolute atomic E-state index is 15.2. The molecule has 208 valence electrons. The van der Waals surface area contributed by atoms with E-state index in [0.29, 0.717) is 61.3 Å². The standard InChI is InChI=1S/C29H37FN6O3/c1-5-32-26-19-24(39-17-14-36-12-15-38-16-13-36)18-25(30)27(26)21(2)34-22-6-8-23(9-7-22)35-28(37)33-11-10-29(3,4)20-31/h5-9,18-19,34H,2,10-17H2,1,3-4H3,(H2,33,35,37). The normalized spacial score (nSPS) is 14.0. The van der Waals surface area contributed by atoms with Crippen molar-refractivity contribution in [3.8, 4) is 11.8 Å². The molecule has 0 radical (unpaired) electrons. The average Bonchev–Trinajstić information content (AvgIpc) is 2.90. The molecule has 3 N–H and O–H groups in total. The van der Waals surface area contributed by atoms with E-state index >= 15 is 4.39 Å². The molecule has 0 atom stereocenters. The van der Waals surface area contributed by atoms with Crippen LogP contribution in [0, 0.1) is 22.6 Å². The maximum atomic E-state index is 15.2. The van der Waals surface area contributed by atoms with Crippen molar-refractivity contribution in [2.24, 2.45) is 10.4 Å². The van der Waals surface area contributed by atoms with E-state index in [9.17, 15) is 4.79 Å². The summed E-state index contributed by atoms with van der Waals surface area (Å²) in [5.41, 5.74) is 1.75. The summed E-state index contributed by atoms with van der Waals surface area (Å²) in [6, 6.07) is 11.9. The van der Waals surface area contributed by atoms with Gasteiger partial charge in [0, 0.05) is 61.6 Å². The van der Waals surface area contributed by atoms with Crippen LogP contribution in [0.5, 0.6) is 5.75 Å². The Morgan fingerprint density at radius 3 is 2.54 bits per heavy atom. The van der Waals surface area contributed by atoms with Crippen molar-refractivity contribution in [3.63, 3.8) is 0 Å². The number of urea groups is 1. The number of amides is 2. The number of nitriles is 1. The quantitative estimate of drug-likeness (QED) is 0.313. The zero-order valence-electron chi connectivity index (χ0n) is 22.8. The van der Waals surface area contributed by atoms with Gasteiger partial charge in [0.15, 0.2) is 0 Å². The lowest BCUT2D eigenvalue weighted by molar-refractivity contribution is 0.0322. The van der Waals surface area contributed by atoms with Gasteiger partial charge in [-0.3, -0.25) is 9.89 Å². The summed E-state index contributed by atoms with van der Waals surface area (Å²) in [5, 5.41) is 17.7. The first-order valence-electron chi connectivity index (χ1n) is 13.0. The van der Waals surface area contributed by atoms with Crippen molar-refractivity contribution in [3.05, 3.63) is 54.4 Å². The highest BCUT2D eigenvalue weighted by Gasteiger charge is 2.17. The molecule has 9 nitrogen and oxygen atoms in total. The van der Waals surface area contributed by atoms with Gasteiger partial charge in [-0.1, -0.05) is 6.58 Å². The van der Waals surface area contributed by atoms with Gasteiger partial charge in [0.25, 0.3) is 0 Å². The Morgan fingerprint density at radius 1 is 1.23 bits per heavy atom. The van der Waals surface area contributed by atoms with E-state index in [4.69, 9.17) is 14.7 Å². The number of halogens is 1. The molecule has 2 aromatic carbocycles. The minimum absolute atomic E-state index is 0.246. The summed E-state index contributed by atoms with van der Waals surface area (Å²) in [6.45, 7) is 14.1. The van der Waals surface area contributed by atoms with Crippen LogP contribution in [-0.4, -0.2) is 63.1 Å². The van der Waals surface area contributed by atoms with Gasteiger partial charge in [0.05, 0.1) is 35.9 Å². The molecule has 3 rings (SSSR count). The lowest BCUT2D eigenvalue weighted by atomic mass is 9.92. The molecule has 2 amide bonds. The minimum atomic E-state index is -0.499. The Hall–Kier alpha value is -3.94. The van der Waals surface area contributed by atoms with Crippen LogP contribution in [0.15, 0.2) is 48.0 Å². The maximum Gasteiger partial charge on any atom is 0.319 e. The first-order chi connectivity index (χ1) is 18.7. The molecule has 39 heavy (non-hydrogen) atoms. The second kappa shape index (κ2) is 14.3. The third-order valence-electron chi connectivity index (χ3n) is 6.17. The monoisotopic (exact) mass is 536 g/mol. The van der Waals surface area contributed by atoms with E-state index in [2.05, 4.69) is 38.5 Å². The van der Waals surface area contributed by atoms with Crippen molar-refractivity contribution < 1.29 is 18.7 Å². The molecule has 0 spiro atoms. The fourth-order valence-corrected chi connectivity index (χ4v) is 3.90. The van der Waals surface area contributed by atoms with Crippen LogP contribution < -0.4 is 20.7 Å². The van der Waals surface area contributed by atoms with Gasteiger partial charge in [-0.15, -0.1) is 0 Å². The number of benzene rings is 2. The summed E-state index contributed by atoms with van der Waals surface area (Å²) in [6.07, 6.45) is 2.14. The lowest BCUT2D eigenvalue weighted by Crippen LogP contribution is -2.38. The smallest absolute Gasteiger partial charge is 0.319 e. The fraction of sp³-hybridized carbons (Fsp3) is 0.414. The molecule has 0 aromatic heterocycles. The Labute approximate surface area is 229 Å². The highest BCUT2D eigenvalue weighted by molar-refractivity contribution is 5.90. The Kier molecular flexibility index (Phi) is 10.8. The van der Waals surface area contributed by atoms with E-state index in [-0.39, 0.29) is 11.6 Å². The van der Waals surface area contributed by atoms with E-state index in [0.717, 1.165) is 19.6 Å². The Morgan fingerprint density at radius 2 is 1.90 bits per heavy atom. The van der Waals surface area contributed by atoms with Crippen molar-refractivity contribution in [1.29, 1.82) is 5.26 Å². The number of ether oxygens (including phenoxy) is 2. The van der Waals surface area contributed by atoms with Crippen LogP contribution in [0.1, 0.15) is 32.8 Å². The van der Waals surface area contributed by atoms with Crippen molar-refractivity contribution in [2.75, 3.05) is 56.6 Å². The fourth-order valence-electron chi connectivity index (χ4n) is 3.90. The molecule has 2 aromatic rings.